The average Bonchev–Trinajstić information content (AvgIpc) is 2.14. The monoisotopic (exact) mass is 138 g/mol. The van der Waals surface area contributed by atoms with Crippen molar-refractivity contribution in [3.05, 3.63) is 17.5 Å². The summed E-state index contributed by atoms with van der Waals surface area (Å²) in [5.74, 6) is 0. The molecule has 0 saturated carbocycles. The van der Waals surface area contributed by atoms with Crippen LogP contribution < -0.4 is 0 Å². The van der Waals surface area contributed by atoms with Crippen molar-refractivity contribution in [1.82, 2.24) is 9.78 Å². The van der Waals surface area contributed by atoms with Gasteiger partial charge in [-0.2, -0.15) is 5.10 Å². The zero-order chi connectivity index (χ0) is 7.56. The molecule has 0 aliphatic rings. The van der Waals surface area contributed by atoms with Crippen molar-refractivity contribution >= 4 is 0 Å². The molecule has 0 amide bonds. The highest BCUT2D eigenvalue weighted by Crippen LogP contribution is 2.02. The Kier molecular flexibility index (Phi) is 2.10. The number of aryl methyl sites for hydroxylation is 3. The van der Waals surface area contributed by atoms with E-state index in [0.717, 1.165) is 18.7 Å². The van der Waals surface area contributed by atoms with Gasteiger partial charge in [-0.3, -0.25) is 4.68 Å². The van der Waals surface area contributed by atoms with E-state index in [1.807, 2.05) is 11.6 Å². The summed E-state index contributed by atoms with van der Waals surface area (Å²) < 4.78 is 2.00. The standard InChI is InChI=1S/C8H14N2/c1-4-5-10-6-7(2)8(3)9-10/h6H,4-5H2,1-3H3. The number of rotatable bonds is 2. The van der Waals surface area contributed by atoms with Gasteiger partial charge in [0.1, 0.15) is 0 Å². The number of hydrogen-bond acceptors (Lipinski definition) is 1. The lowest BCUT2D eigenvalue weighted by molar-refractivity contribution is 0.598. The number of hydrogen-bond donors (Lipinski definition) is 0. The fourth-order valence-corrected chi connectivity index (χ4v) is 0.961. The van der Waals surface area contributed by atoms with Crippen molar-refractivity contribution in [1.29, 1.82) is 0 Å². The van der Waals surface area contributed by atoms with Crippen LogP contribution in [0.4, 0.5) is 0 Å². The summed E-state index contributed by atoms with van der Waals surface area (Å²) in [4.78, 5) is 0. The van der Waals surface area contributed by atoms with Crippen LogP contribution in [0.5, 0.6) is 0 Å². The van der Waals surface area contributed by atoms with Gasteiger partial charge in [0, 0.05) is 12.7 Å². The van der Waals surface area contributed by atoms with Gasteiger partial charge < -0.3 is 0 Å². The maximum atomic E-state index is 4.32. The van der Waals surface area contributed by atoms with Gasteiger partial charge in [0.25, 0.3) is 0 Å². The molecule has 0 aromatic carbocycles. The SMILES string of the molecule is CCCn1cc(C)c(C)n1. The minimum Gasteiger partial charge on any atom is -0.272 e. The lowest BCUT2D eigenvalue weighted by Crippen LogP contribution is -1.96. The molecular weight excluding hydrogens is 124 g/mol. The molecule has 0 unspecified atom stereocenters. The predicted molar refractivity (Wildman–Crippen MR) is 42.0 cm³/mol. The molecular formula is C8H14N2. The van der Waals surface area contributed by atoms with Crippen LogP contribution in [0, 0.1) is 13.8 Å². The first kappa shape index (κ1) is 7.32. The van der Waals surface area contributed by atoms with Crippen molar-refractivity contribution in [3.63, 3.8) is 0 Å². The van der Waals surface area contributed by atoms with Crippen LogP contribution in [0.15, 0.2) is 6.20 Å². The molecule has 0 N–H and O–H groups in total. The van der Waals surface area contributed by atoms with Crippen molar-refractivity contribution in [3.8, 4) is 0 Å². The first-order valence-electron chi connectivity index (χ1n) is 3.74. The molecule has 1 heterocycles. The summed E-state index contributed by atoms with van der Waals surface area (Å²) >= 11 is 0. The van der Waals surface area contributed by atoms with Crippen LogP contribution >= 0.6 is 0 Å². The normalized spacial score (nSPS) is 10.3. The van der Waals surface area contributed by atoms with Gasteiger partial charge in [-0.25, -0.2) is 0 Å². The van der Waals surface area contributed by atoms with Crippen LogP contribution in [0.3, 0.4) is 0 Å². The Labute approximate surface area is 61.9 Å². The molecule has 1 rings (SSSR count). The van der Waals surface area contributed by atoms with Crippen molar-refractivity contribution in [2.75, 3.05) is 0 Å². The molecule has 0 saturated heterocycles. The minimum absolute atomic E-state index is 1.04. The van der Waals surface area contributed by atoms with E-state index in [2.05, 4.69) is 25.1 Å². The maximum Gasteiger partial charge on any atom is 0.0622 e. The molecule has 1 aromatic rings. The lowest BCUT2D eigenvalue weighted by Gasteiger charge is -1.93. The van der Waals surface area contributed by atoms with E-state index in [0.29, 0.717) is 0 Å². The quantitative estimate of drug-likeness (QED) is 0.610. The Morgan fingerprint density at radius 1 is 1.50 bits per heavy atom. The Bertz CT molecular complexity index is 194. The molecule has 2 nitrogen and oxygen atoms in total. The second kappa shape index (κ2) is 2.86. The largest absolute Gasteiger partial charge is 0.272 e. The molecule has 0 fully saturated rings. The van der Waals surface area contributed by atoms with E-state index in [1.54, 1.807) is 0 Å². The highest BCUT2D eigenvalue weighted by atomic mass is 15.3. The summed E-state index contributed by atoms with van der Waals surface area (Å²) in [6.07, 6.45) is 3.25. The second-order valence-electron chi connectivity index (χ2n) is 2.66. The Morgan fingerprint density at radius 2 is 2.20 bits per heavy atom. The van der Waals surface area contributed by atoms with Crippen molar-refractivity contribution in [2.45, 2.75) is 33.7 Å². The average molecular weight is 138 g/mol. The third-order valence-electron chi connectivity index (χ3n) is 1.64. The van der Waals surface area contributed by atoms with Gasteiger partial charge in [0.2, 0.25) is 0 Å². The van der Waals surface area contributed by atoms with Crippen LogP contribution in [-0.4, -0.2) is 9.78 Å². The second-order valence-corrected chi connectivity index (χ2v) is 2.66. The van der Waals surface area contributed by atoms with E-state index < -0.39 is 0 Å². The van der Waals surface area contributed by atoms with Crippen molar-refractivity contribution in [2.24, 2.45) is 0 Å². The van der Waals surface area contributed by atoms with Gasteiger partial charge in [-0.05, 0) is 25.8 Å². The molecule has 0 aliphatic heterocycles. The van der Waals surface area contributed by atoms with Crippen LogP contribution in [-0.2, 0) is 6.54 Å². The van der Waals surface area contributed by atoms with Crippen LogP contribution in [0.1, 0.15) is 24.6 Å². The smallest absolute Gasteiger partial charge is 0.0622 e. The van der Waals surface area contributed by atoms with E-state index in [4.69, 9.17) is 0 Å². The molecule has 56 valence electrons. The van der Waals surface area contributed by atoms with Crippen LogP contribution in [0.2, 0.25) is 0 Å². The lowest BCUT2D eigenvalue weighted by atomic mass is 10.3. The molecule has 0 radical (unpaired) electrons. The Hall–Kier alpha value is -0.790. The summed E-state index contributed by atoms with van der Waals surface area (Å²) in [5.41, 5.74) is 2.43. The fraction of sp³-hybridized carbons (Fsp3) is 0.625. The Balaban J connectivity index is 2.77. The molecule has 0 aliphatic carbocycles. The molecule has 0 atom stereocenters. The third kappa shape index (κ3) is 1.38. The molecule has 1 aromatic heterocycles. The zero-order valence-electron chi connectivity index (χ0n) is 6.89. The van der Waals surface area contributed by atoms with Crippen LogP contribution in [0.25, 0.3) is 0 Å². The number of aromatic nitrogens is 2. The highest BCUT2D eigenvalue weighted by Gasteiger charge is 1.96. The van der Waals surface area contributed by atoms with E-state index in [9.17, 15) is 0 Å². The van der Waals surface area contributed by atoms with E-state index >= 15 is 0 Å². The van der Waals surface area contributed by atoms with Gasteiger partial charge in [0.05, 0.1) is 5.69 Å². The zero-order valence-corrected chi connectivity index (χ0v) is 6.89. The summed E-state index contributed by atoms with van der Waals surface area (Å²) in [5, 5.41) is 4.32. The van der Waals surface area contributed by atoms with Gasteiger partial charge in [0.15, 0.2) is 0 Å². The van der Waals surface area contributed by atoms with Crippen molar-refractivity contribution < 1.29 is 0 Å². The summed E-state index contributed by atoms with van der Waals surface area (Å²) in [6, 6.07) is 0. The van der Waals surface area contributed by atoms with Gasteiger partial charge >= 0.3 is 0 Å². The fourth-order valence-electron chi connectivity index (χ4n) is 0.961. The molecule has 0 bridgehead atoms. The first-order valence-corrected chi connectivity index (χ1v) is 3.74. The highest BCUT2D eigenvalue weighted by molar-refractivity contribution is 5.12. The molecule has 2 heteroatoms. The van der Waals surface area contributed by atoms with E-state index in [-0.39, 0.29) is 0 Å². The van der Waals surface area contributed by atoms with E-state index in [1.165, 1.54) is 5.56 Å². The topological polar surface area (TPSA) is 17.8 Å². The molecule has 0 spiro atoms. The molecule has 10 heavy (non-hydrogen) atoms. The maximum absolute atomic E-state index is 4.32. The minimum atomic E-state index is 1.04. The third-order valence-corrected chi connectivity index (χ3v) is 1.64. The Morgan fingerprint density at radius 3 is 2.60 bits per heavy atom. The first-order chi connectivity index (χ1) is 4.74. The summed E-state index contributed by atoms with van der Waals surface area (Å²) in [7, 11) is 0. The summed E-state index contributed by atoms with van der Waals surface area (Å²) in [6.45, 7) is 7.33. The predicted octanol–water partition coefficient (Wildman–Crippen LogP) is 1.91. The van der Waals surface area contributed by atoms with Gasteiger partial charge in [-0.1, -0.05) is 6.92 Å². The van der Waals surface area contributed by atoms with Gasteiger partial charge in [-0.15, -0.1) is 0 Å². The number of nitrogens with zero attached hydrogens (tertiary/aromatic N) is 2.